The molecule has 6 nitrogen and oxygen atoms in total. The molecule has 0 fully saturated rings. The first-order valence-electron chi connectivity index (χ1n) is 8.22. The van der Waals surface area contributed by atoms with E-state index in [1.165, 1.54) is 22.0 Å². The Morgan fingerprint density at radius 2 is 1.88 bits per heavy atom. The molecule has 0 saturated heterocycles. The maximum Gasteiger partial charge on any atom is 0.343 e. The van der Waals surface area contributed by atoms with Gasteiger partial charge in [0.05, 0.1) is 0 Å². The Balaban J connectivity index is 1.64. The highest BCUT2D eigenvalue weighted by atomic mass is 16.2. The number of hydrogen-bond acceptors (Lipinski definition) is 3. The van der Waals surface area contributed by atoms with Crippen LogP contribution in [0.5, 0.6) is 0 Å². The van der Waals surface area contributed by atoms with Crippen molar-refractivity contribution in [3.8, 4) is 0 Å². The normalized spacial score (nSPS) is 16.5. The van der Waals surface area contributed by atoms with Gasteiger partial charge in [-0.1, -0.05) is 54.6 Å². The SMILES string of the molecule is O=C(Cn1cn[nH]c1=O)N1Cc2ccccc2[C@H](c2ccccc2)C1. The van der Waals surface area contributed by atoms with Gasteiger partial charge in [0.2, 0.25) is 5.91 Å². The molecule has 0 bridgehead atoms. The number of aromatic amines is 1. The molecular formula is C19H18N4O2. The maximum absolute atomic E-state index is 12.7. The van der Waals surface area contributed by atoms with E-state index < -0.39 is 0 Å². The van der Waals surface area contributed by atoms with E-state index in [4.69, 9.17) is 0 Å². The van der Waals surface area contributed by atoms with Gasteiger partial charge in [0.25, 0.3) is 0 Å². The first-order valence-corrected chi connectivity index (χ1v) is 8.22. The molecule has 0 saturated carbocycles. The molecule has 3 aromatic rings. The van der Waals surface area contributed by atoms with Gasteiger partial charge in [0, 0.05) is 19.0 Å². The van der Waals surface area contributed by atoms with Crippen LogP contribution in [-0.2, 0) is 17.9 Å². The van der Waals surface area contributed by atoms with Gasteiger partial charge in [-0.05, 0) is 16.7 Å². The molecule has 25 heavy (non-hydrogen) atoms. The van der Waals surface area contributed by atoms with Crippen LogP contribution in [0.25, 0.3) is 0 Å². The summed E-state index contributed by atoms with van der Waals surface area (Å²) in [7, 11) is 0. The molecule has 1 amide bonds. The summed E-state index contributed by atoms with van der Waals surface area (Å²) >= 11 is 0. The molecule has 2 heterocycles. The summed E-state index contributed by atoms with van der Waals surface area (Å²) in [6.07, 6.45) is 1.35. The van der Waals surface area contributed by atoms with Crippen molar-refractivity contribution in [3.05, 3.63) is 88.1 Å². The number of amides is 1. The second-order valence-corrected chi connectivity index (χ2v) is 6.23. The average Bonchev–Trinajstić information content (AvgIpc) is 3.06. The number of nitrogens with one attached hydrogen (secondary N) is 1. The van der Waals surface area contributed by atoms with Crippen LogP contribution in [0.1, 0.15) is 22.6 Å². The molecule has 6 heteroatoms. The fraction of sp³-hybridized carbons (Fsp3) is 0.211. The second kappa shape index (κ2) is 6.39. The van der Waals surface area contributed by atoms with Crippen LogP contribution >= 0.6 is 0 Å². The number of rotatable bonds is 3. The van der Waals surface area contributed by atoms with Gasteiger partial charge in [-0.3, -0.25) is 9.36 Å². The summed E-state index contributed by atoms with van der Waals surface area (Å²) in [4.78, 5) is 26.1. The van der Waals surface area contributed by atoms with Gasteiger partial charge in [-0.2, -0.15) is 5.10 Å². The van der Waals surface area contributed by atoms with Crippen molar-refractivity contribution < 1.29 is 4.79 Å². The predicted octanol–water partition coefficient (Wildman–Crippen LogP) is 1.75. The molecule has 126 valence electrons. The van der Waals surface area contributed by atoms with Crippen LogP contribution in [0.4, 0.5) is 0 Å². The smallest absolute Gasteiger partial charge is 0.336 e. The van der Waals surface area contributed by atoms with E-state index in [0.29, 0.717) is 13.1 Å². The summed E-state index contributed by atoms with van der Waals surface area (Å²) in [5.41, 5.74) is 3.23. The van der Waals surface area contributed by atoms with Crippen molar-refractivity contribution in [2.75, 3.05) is 6.54 Å². The second-order valence-electron chi connectivity index (χ2n) is 6.23. The van der Waals surface area contributed by atoms with Gasteiger partial charge >= 0.3 is 5.69 Å². The van der Waals surface area contributed by atoms with Crippen molar-refractivity contribution in [2.45, 2.75) is 19.0 Å². The number of hydrogen-bond donors (Lipinski definition) is 1. The summed E-state index contributed by atoms with van der Waals surface area (Å²) in [5, 5.41) is 5.99. The maximum atomic E-state index is 12.7. The molecule has 1 aromatic heterocycles. The number of fused-ring (bicyclic) bond motifs is 1. The van der Waals surface area contributed by atoms with Gasteiger partial charge in [0.15, 0.2) is 0 Å². The van der Waals surface area contributed by atoms with Crippen LogP contribution in [0.3, 0.4) is 0 Å². The van der Waals surface area contributed by atoms with Crippen LogP contribution in [-0.4, -0.2) is 32.1 Å². The fourth-order valence-corrected chi connectivity index (χ4v) is 3.40. The Hall–Kier alpha value is -3.15. The molecule has 0 aliphatic carbocycles. The van der Waals surface area contributed by atoms with Gasteiger partial charge < -0.3 is 4.90 Å². The topological polar surface area (TPSA) is 71.0 Å². The summed E-state index contributed by atoms with van der Waals surface area (Å²) < 4.78 is 1.29. The number of H-pyrrole nitrogens is 1. The van der Waals surface area contributed by atoms with E-state index >= 15 is 0 Å². The lowest BCUT2D eigenvalue weighted by atomic mass is 9.84. The number of benzene rings is 2. The quantitative estimate of drug-likeness (QED) is 0.793. The van der Waals surface area contributed by atoms with Gasteiger partial charge in [-0.25, -0.2) is 9.89 Å². The fourth-order valence-electron chi connectivity index (χ4n) is 3.40. The Morgan fingerprint density at radius 3 is 2.64 bits per heavy atom. The largest absolute Gasteiger partial charge is 0.343 e. The van der Waals surface area contributed by atoms with Crippen molar-refractivity contribution in [1.29, 1.82) is 0 Å². The first kappa shape index (κ1) is 15.4. The molecule has 1 aliphatic heterocycles. The molecule has 0 radical (unpaired) electrons. The van der Waals surface area contributed by atoms with E-state index in [1.807, 2.05) is 35.2 Å². The standard InChI is InChI=1S/C19H18N4O2/c24-18(12-23-13-20-21-19(23)25)22-10-15-8-4-5-9-16(15)17(11-22)14-6-2-1-3-7-14/h1-9,13,17H,10-12H2,(H,21,25)/t17-/m0/s1. The minimum absolute atomic E-state index is 0.000982. The number of carbonyl (C=O) groups is 1. The Labute approximate surface area is 144 Å². The highest BCUT2D eigenvalue weighted by Gasteiger charge is 2.29. The highest BCUT2D eigenvalue weighted by molar-refractivity contribution is 5.76. The minimum Gasteiger partial charge on any atom is -0.336 e. The zero-order valence-corrected chi connectivity index (χ0v) is 13.6. The van der Waals surface area contributed by atoms with Crippen LogP contribution in [0, 0.1) is 0 Å². The lowest BCUT2D eigenvalue weighted by molar-refractivity contribution is -0.133. The van der Waals surface area contributed by atoms with Gasteiger partial charge in [-0.15, -0.1) is 0 Å². The Bertz CT molecular complexity index is 945. The lowest BCUT2D eigenvalue weighted by Crippen LogP contribution is -2.41. The van der Waals surface area contributed by atoms with Crippen molar-refractivity contribution >= 4 is 5.91 Å². The van der Waals surface area contributed by atoms with E-state index in [0.717, 1.165) is 5.56 Å². The third-order valence-corrected chi connectivity index (χ3v) is 4.67. The van der Waals surface area contributed by atoms with Crippen molar-refractivity contribution in [1.82, 2.24) is 19.7 Å². The third-order valence-electron chi connectivity index (χ3n) is 4.67. The zero-order valence-electron chi connectivity index (χ0n) is 13.6. The molecule has 4 rings (SSSR count). The molecule has 1 atom stereocenters. The monoisotopic (exact) mass is 334 g/mol. The lowest BCUT2D eigenvalue weighted by Gasteiger charge is -2.35. The predicted molar refractivity (Wildman–Crippen MR) is 93.0 cm³/mol. The van der Waals surface area contributed by atoms with E-state index in [-0.39, 0.29) is 24.1 Å². The first-order chi connectivity index (χ1) is 12.2. The minimum atomic E-state index is -0.370. The molecular weight excluding hydrogens is 316 g/mol. The molecule has 1 N–H and O–H groups in total. The van der Waals surface area contributed by atoms with E-state index in [2.05, 4.69) is 34.5 Å². The molecule has 2 aromatic carbocycles. The van der Waals surface area contributed by atoms with Crippen LogP contribution in [0.15, 0.2) is 65.7 Å². The number of aromatic nitrogens is 3. The van der Waals surface area contributed by atoms with E-state index in [9.17, 15) is 9.59 Å². The molecule has 0 spiro atoms. The highest BCUT2D eigenvalue weighted by Crippen LogP contribution is 2.33. The molecule has 1 aliphatic rings. The summed E-state index contributed by atoms with van der Waals surface area (Å²) in [5.74, 6) is 0.0510. The average molecular weight is 334 g/mol. The Morgan fingerprint density at radius 1 is 1.12 bits per heavy atom. The zero-order chi connectivity index (χ0) is 17.2. The van der Waals surface area contributed by atoms with Crippen molar-refractivity contribution in [2.24, 2.45) is 0 Å². The van der Waals surface area contributed by atoms with E-state index in [1.54, 1.807) is 0 Å². The Kier molecular flexibility index (Phi) is 3.93. The van der Waals surface area contributed by atoms with Crippen LogP contribution < -0.4 is 5.69 Å². The number of carbonyl (C=O) groups excluding carboxylic acids is 1. The molecule has 0 unspecified atom stereocenters. The van der Waals surface area contributed by atoms with Crippen molar-refractivity contribution in [3.63, 3.8) is 0 Å². The summed E-state index contributed by atoms with van der Waals surface area (Å²) in [6.45, 7) is 1.16. The number of nitrogens with zero attached hydrogens (tertiary/aromatic N) is 3. The van der Waals surface area contributed by atoms with Crippen LogP contribution in [0.2, 0.25) is 0 Å². The van der Waals surface area contributed by atoms with Gasteiger partial charge in [0.1, 0.15) is 12.9 Å². The third kappa shape index (κ3) is 2.98. The summed E-state index contributed by atoms with van der Waals surface area (Å²) in [6, 6.07) is 18.4.